The van der Waals surface area contributed by atoms with Crippen LogP contribution in [0.1, 0.15) is 37.7 Å². The summed E-state index contributed by atoms with van der Waals surface area (Å²) in [4.78, 5) is 0.304. The third kappa shape index (κ3) is 2.51. The molecule has 0 amide bonds. The molecule has 0 spiro atoms. The van der Waals surface area contributed by atoms with Crippen molar-refractivity contribution in [3.63, 3.8) is 0 Å². The molecule has 5 rings (SSSR count). The number of aryl methyl sites for hydroxylation is 1. The van der Waals surface area contributed by atoms with Gasteiger partial charge in [-0.25, -0.2) is 0 Å². The van der Waals surface area contributed by atoms with Crippen LogP contribution in [0, 0.1) is 36.5 Å². The molecule has 22 heavy (non-hydrogen) atoms. The lowest BCUT2D eigenvalue weighted by Gasteiger charge is -2.53. The van der Waals surface area contributed by atoms with E-state index < -0.39 is 10.0 Å². The largest absolute Gasteiger partial charge is 0.281 e. The molecule has 0 atom stereocenters. The van der Waals surface area contributed by atoms with Gasteiger partial charge in [0.05, 0.1) is 4.90 Å². The molecule has 1 aromatic rings. The maximum absolute atomic E-state index is 12.4. The van der Waals surface area contributed by atoms with Gasteiger partial charge in [-0.15, -0.1) is 0 Å². The summed E-state index contributed by atoms with van der Waals surface area (Å²) in [6.45, 7) is 1.95. The Morgan fingerprint density at radius 1 is 0.955 bits per heavy atom. The molecule has 4 aliphatic carbocycles. The summed E-state index contributed by atoms with van der Waals surface area (Å²) in [5.41, 5.74) is 1.06. The van der Waals surface area contributed by atoms with E-state index in [1.54, 1.807) is 18.3 Å². The van der Waals surface area contributed by atoms with Gasteiger partial charge in [0.25, 0.3) is 10.0 Å². The van der Waals surface area contributed by atoms with Gasteiger partial charge in [-0.1, -0.05) is 17.7 Å². The molecule has 0 unspecified atom stereocenters. The molecule has 118 valence electrons. The molecule has 0 aromatic heterocycles. The van der Waals surface area contributed by atoms with E-state index >= 15 is 0 Å². The van der Waals surface area contributed by atoms with E-state index in [9.17, 15) is 8.42 Å². The molecular weight excluding hydrogens is 294 g/mol. The number of hydrogen-bond acceptors (Lipinski definition) is 2. The minimum atomic E-state index is -3.54. The van der Waals surface area contributed by atoms with Crippen molar-refractivity contribution >= 4 is 16.2 Å². The lowest BCUT2D eigenvalue weighted by Crippen LogP contribution is -2.45. The predicted octanol–water partition coefficient (Wildman–Crippen LogP) is 3.83. The van der Waals surface area contributed by atoms with Crippen LogP contribution in [-0.4, -0.2) is 14.6 Å². The zero-order valence-electron chi connectivity index (χ0n) is 13.0. The highest BCUT2D eigenvalue weighted by atomic mass is 32.2. The van der Waals surface area contributed by atoms with Crippen LogP contribution in [0.2, 0.25) is 0 Å². The maximum Gasteiger partial charge on any atom is 0.281 e. The topological polar surface area (TPSA) is 46.5 Å². The van der Waals surface area contributed by atoms with E-state index in [4.69, 9.17) is 0 Å². The highest BCUT2D eigenvalue weighted by Crippen LogP contribution is 2.56. The monoisotopic (exact) mass is 317 g/mol. The normalized spacial score (nSPS) is 37.0. The van der Waals surface area contributed by atoms with E-state index in [2.05, 4.69) is 4.40 Å². The molecule has 4 aliphatic rings. The van der Waals surface area contributed by atoms with Crippen molar-refractivity contribution in [2.75, 3.05) is 0 Å². The smallest absolute Gasteiger partial charge is 0.199 e. The molecule has 0 N–H and O–H groups in total. The summed E-state index contributed by atoms with van der Waals surface area (Å²) in [7, 11) is -3.54. The molecule has 0 radical (unpaired) electrons. The number of sulfonamides is 1. The Labute approximate surface area is 132 Å². The highest BCUT2D eigenvalue weighted by molar-refractivity contribution is 7.90. The maximum atomic E-state index is 12.4. The van der Waals surface area contributed by atoms with E-state index in [0.717, 1.165) is 17.4 Å². The Morgan fingerprint density at radius 2 is 1.50 bits per heavy atom. The lowest BCUT2D eigenvalue weighted by molar-refractivity contribution is -0.00632. The summed E-state index contributed by atoms with van der Waals surface area (Å²) in [6, 6.07) is 6.95. The second kappa shape index (κ2) is 5.19. The molecule has 1 aromatic carbocycles. The first kappa shape index (κ1) is 14.4. The first-order chi connectivity index (χ1) is 10.5. The van der Waals surface area contributed by atoms with Gasteiger partial charge >= 0.3 is 0 Å². The minimum absolute atomic E-state index is 0.304. The van der Waals surface area contributed by atoms with Crippen LogP contribution in [0.25, 0.3) is 0 Å². The summed E-state index contributed by atoms with van der Waals surface area (Å²) in [5.74, 6) is 3.54. The van der Waals surface area contributed by atoms with E-state index in [-0.39, 0.29) is 0 Å². The van der Waals surface area contributed by atoms with Gasteiger partial charge in [0, 0.05) is 12.1 Å². The quantitative estimate of drug-likeness (QED) is 0.795. The fourth-order valence-electron chi connectivity index (χ4n) is 5.13. The van der Waals surface area contributed by atoms with E-state index in [0.29, 0.717) is 22.6 Å². The lowest BCUT2D eigenvalue weighted by atomic mass is 9.52. The second-order valence-corrected chi connectivity index (χ2v) is 9.18. The van der Waals surface area contributed by atoms with Crippen molar-refractivity contribution in [2.45, 2.75) is 43.9 Å². The van der Waals surface area contributed by atoms with Crippen LogP contribution in [0.5, 0.6) is 0 Å². The number of nitrogens with zero attached hydrogens (tertiary/aromatic N) is 1. The molecule has 4 saturated carbocycles. The first-order valence-electron chi connectivity index (χ1n) is 8.38. The van der Waals surface area contributed by atoms with Gasteiger partial charge in [0.2, 0.25) is 0 Å². The van der Waals surface area contributed by atoms with Crippen molar-refractivity contribution in [3.8, 4) is 0 Å². The van der Waals surface area contributed by atoms with Gasteiger partial charge in [0.1, 0.15) is 0 Å². The standard InChI is InChI=1S/C18H23NO2S/c1-12-2-4-17(5-3-12)22(20,21)19-11-18-15-7-13-6-14(9-15)10-16(18)8-13/h2-5,11,13-16,18H,6-10H2,1H3/b19-11-. The zero-order valence-corrected chi connectivity index (χ0v) is 13.8. The van der Waals surface area contributed by atoms with Gasteiger partial charge in [0.15, 0.2) is 0 Å². The highest BCUT2D eigenvalue weighted by Gasteiger charge is 2.47. The summed E-state index contributed by atoms with van der Waals surface area (Å²) in [6.07, 6.45) is 8.34. The fourth-order valence-corrected chi connectivity index (χ4v) is 6.03. The fraction of sp³-hybridized carbons (Fsp3) is 0.611. The van der Waals surface area contributed by atoms with E-state index in [1.807, 2.05) is 19.1 Å². The number of hydrogen-bond donors (Lipinski definition) is 0. The van der Waals surface area contributed by atoms with Gasteiger partial charge in [-0.05, 0) is 74.8 Å². The minimum Gasteiger partial charge on any atom is -0.199 e. The molecule has 0 heterocycles. The van der Waals surface area contributed by atoms with E-state index in [1.165, 1.54) is 32.1 Å². The summed E-state index contributed by atoms with van der Waals surface area (Å²) >= 11 is 0. The van der Waals surface area contributed by atoms with Crippen molar-refractivity contribution in [1.29, 1.82) is 0 Å². The van der Waals surface area contributed by atoms with Crippen LogP contribution in [0.15, 0.2) is 33.6 Å². The van der Waals surface area contributed by atoms with Gasteiger partial charge in [-0.3, -0.25) is 0 Å². The second-order valence-electron chi connectivity index (χ2n) is 7.55. The molecule has 0 saturated heterocycles. The van der Waals surface area contributed by atoms with Crippen LogP contribution in [0.3, 0.4) is 0 Å². The Balaban J connectivity index is 1.55. The molecule has 4 bridgehead atoms. The van der Waals surface area contributed by atoms with Gasteiger partial charge in [-0.2, -0.15) is 12.8 Å². The van der Waals surface area contributed by atoms with Crippen molar-refractivity contribution in [3.05, 3.63) is 29.8 Å². The van der Waals surface area contributed by atoms with Crippen molar-refractivity contribution in [1.82, 2.24) is 0 Å². The average molecular weight is 317 g/mol. The zero-order chi connectivity index (χ0) is 15.3. The molecule has 0 aliphatic heterocycles. The Morgan fingerprint density at radius 3 is 2.05 bits per heavy atom. The summed E-state index contributed by atoms with van der Waals surface area (Å²) < 4.78 is 28.8. The number of rotatable bonds is 3. The Hall–Kier alpha value is -1.16. The number of benzene rings is 1. The molecular formula is C18H23NO2S. The van der Waals surface area contributed by atoms with Crippen molar-refractivity contribution in [2.24, 2.45) is 34.0 Å². The van der Waals surface area contributed by atoms with Crippen LogP contribution in [0.4, 0.5) is 0 Å². The molecule has 4 heteroatoms. The Kier molecular flexibility index (Phi) is 3.40. The Bertz CT molecular complexity index is 662. The first-order valence-corrected chi connectivity index (χ1v) is 9.82. The summed E-state index contributed by atoms with van der Waals surface area (Å²) in [5, 5.41) is 0. The molecule has 4 fully saturated rings. The predicted molar refractivity (Wildman–Crippen MR) is 87.4 cm³/mol. The SMILES string of the molecule is Cc1ccc(S(=O)(=O)/N=C\C2C3CC4CC(C3)CC2C4)cc1. The molecule has 3 nitrogen and oxygen atoms in total. The average Bonchev–Trinajstić information content (AvgIpc) is 2.46. The van der Waals surface area contributed by atoms with Crippen LogP contribution < -0.4 is 0 Å². The third-order valence-electron chi connectivity index (χ3n) is 5.99. The third-order valence-corrected chi connectivity index (χ3v) is 7.26. The van der Waals surface area contributed by atoms with Crippen LogP contribution in [-0.2, 0) is 10.0 Å². The van der Waals surface area contributed by atoms with Gasteiger partial charge < -0.3 is 0 Å². The van der Waals surface area contributed by atoms with Crippen molar-refractivity contribution < 1.29 is 8.42 Å². The van der Waals surface area contributed by atoms with Crippen LogP contribution >= 0.6 is 0 Å².